The Balaban J connectivity index is 1.90. The van der Waals surface area contributed by atoms with Gasteiger partial charge in [-0.25, -0.2) is 0 Å². The Labute approximate surface area is 195 Å². The molecule has 0 atom stereocenters. The van der Waals surface area contributed by atoms with Gasteiger partial charge < -0.3 is 10.0 Å². The molecule has 2 heterocycles. The minimum absolute atomic E-state index is 0.178. The highest BCUT2D eigenvalue weighted by Gasteiger charge is 2.37. The van der Waals surface area contributed by atoms with Crippen LogP contribution < -0.4 is 0 Å². The zero-order valence-corrected chi connectivity index (χ0v) is 20.8. The van der Waals surface area contributed by atoms with Gasteiger partial charge in [0.1, 0.15) is 12.3 Å². The number of piperidine rings is 1. The molecule has 0 radical (unpaired) electrons. The van der Waals surface area contributed by atoms with Gasteiger partial charge in [0.15, 0.2) is 0 Å². The Kier molecular flexibility index (Phi) is 6.80. The second-order valence-electron chi connectivity index (χ2n) is 10.7. The number of likely N-dealkylation sites (tertiary alicyclic amines) is 1. The van der Waals surface area contributed by atoms with E-state index in [-0.39, 0.29) is 29.0 Å². The van der Waals surface area contributed by atoms with Crippen LogP contribution >= 0.6 is 11.8 Å². The molecule has 2 aliphatic heterocycles. The Hall–Kier alpha value is -2.28. The highest BCUT2D eigenvalue weighted by Crippen LogP contribution is 2.41. The standard InChI is InChI=1S/C25H34N2O4S/c1-24(2,3)17-12-16(13-18(21(17)29)25(4,5)6)14-19-22(30)27(23(31)32-19)15-20(28)26-10-8-7-9-11-26/h12-14,29H,7-11,15H2,1-6H3/b19-14-. The summed E-state index contributed by atoms with van der Waals surface area (Å²) in [6, 6.07) is 3.74. The van der Waals surface area contributed by atoms with E-state index in [0.717, 1.165) is 52.6 Å². The molecule has 1 aromatic carbocycles. The van der Waals surface area contributed by atoms with E-state index in [1.54, 1.807) is 11.0 Å². The predicted molar refractivity (Wildman–Crippen MR) is 129 cm³/mol. The van der Waals surface area contributed by atoms with E-state index in [1.807, 2.05) is 53.7 Å². The summed E-state index contributed by atoms with van der Waals surface area (Å²) in [5.74, 6) is -0.349. The van der Waals surface area contributed by atoms with Crippen molar-refractivity contribution in [3.8, 4) is 5.75 Å². The zero-order chi connectivity index (χ0) is 23.8. The van der Waals surface area contributed by atoms with Crippen LogP contribution in [0.15, 0.2) is 17.0 Å². The fourth-order valence-electron chi connectivity index (χ4n) is 4.05. The average Bonchev–Trinajstić information content (AvgIpc) is 2.95. The number of aromatic hydroxyl groups is 1. The van der Waals surface area contributed by atoms with Crippen LogP contribution in [0.2, 0.25) is 0 Å². The largest absolute Gasteiger partial charge is 0.507 e. The highest BCUT2D eigenvalue weighted by molar-refractivity contribution is 8.18. The topological polar surface area (TPSA) is 77.9 Å². The first-order chi connectivity index (χ1) is 14.8. The first kappa shape index (κ1) is 24.4. The molecule has 3 rings (SSSR count). The second-order valence-corrected chi connectivity index (χ2v) is 11.7. The van der Waals surface area contributed by atoms with E-state index < -0.39 is 11.1 Å². The average molecular weight is 459 g/mol. The Morgan fingerprint density at radius 2 is 1.53 bits per heavy atom. The number of amides is 3. The molecule has 0 spiro atoms. The van der Waals surface area contributed by atoms with Crippen LogP contribution in [0.4, 0.5) is 4.79 Å². The fourth-order valence-corrected chi connectivity index (χ4v) is 4.89. The van der Waals surface area contributed by atoms with Gasteiger partial charge in [-0.05, 0) is 65.6 Å². The van der Waals surface area contributed by atoms with Gasteiger partial charge in [0.05, 0.1) is 4.91 Å². The van der Waals surface area contributed by atoms with E-state index >= 15 is 0 Å². The number of phenolic OH excluding ortho intramolecular Hbond substituents is 1. The third-order valence-corrected chi connectivity index (χ3v) is 6.83. The molecule has 1 N–H and O–H groups in total. The maximum atomic E-state index is 13.0. The summed E-state index contributed by atoms with van der Waals surface area (Å²) < 4.78 is 0. The smallest absolute Gasteiger partial charge is 0.294 e. The maximum absolute atomic E-state index is 13.0. The zero-order valence-electron chi connectivity index (χ0n) is 19.9. The third-order valence-electron chi connectivity index (χ3n) is 5.92. The van der Waals surface area contributed by atoms with Gasteiger partial charge in [0, 0.05) is 24.2 Å². The monoisotopic (exact) mass is 458 g/mol. The molecule has 0 unspecified atom stereocenters. The van der Waals surface area contributed by atoms with Crippen LogP contribution in [0, 0.1) is 0 Å². The summed E-state index contributed by atoms with van der Waals surface area (Å²) in [4.78, 5) is 41.2. The van der Waals surface area contributed by atoms with Crippen LogP contribution in [0.25, 0.3) is 6.08 Å². The van der Waals surface area contributed by atoms with Gasteiger partial charge in [-0.15, -0.1) is 0 Å². The molecule has 7 heteroatoms. The third kappa shape index (κ3) is 5.20. The Bertz CT molecular complexity index is 928. The lowest BCUT2D eigenvalue weighted by Crippen LogP contribution is -2.44. The molecule has 0 aliphatic carbocycles. The quantitative estimate of drug-likeness (QED) is 0.643. The van der Waals surface area contributed by atoms with Gasteiger partial charge >= 0.3 is 0 Å². The van der Waals surface area contributed by atoms with Crippen molar-refractivity contribution >= 4 is 34.9 Å². The van der Waals surface area contributed by atoms with E-state index in [9.17, 15) is 19.5 Å². The summed E-state index contributed by atoms with van der Waals surface area (Å²) in [6.07, 6.45) is 4.72. The highest BCUT2D eigenvalue weighted by atomic mass is 32.2. The SMILES string of the molecule is CC(C)(C)c1cc(/C=C2\SC(=O)N(CC(=O)N3CCCCC3)C2=O)cc(C(C)(C)C)c1O. The lowest BCUT2D eigenvalue weighted by Gasteiger charge is -2.28. The molecule has 3 amide bonds. The van der Waals surface area contributed by atoms with Crippen molar-refractivity contribution in [2.45, 2.75) is 71.6 Å². The van der Waals surface area contributed by atoms with Crippen LogP contribution in [0.5, 0.6) is 5.75 Å². The molecule has 32 heavy (non-hydrogen) atoms. The second kappa shape index (κ2) is 8.93. The molecule has 2 aliphatic rings. The van der Waals surface area contributed by atoms with E-state index in [0.29, 0.717) is 18.0 Å². The number of nitrogens with zero attached hydrogens (tertiary/aromatic N) is 2. The number of imide groups is 1. The molecule has 0 aromatic heterocycles. The molecule has 2 saturated heterocycles. The number of carbonyl (C=O) groups excluding carboxylic acids is 3. The molecular formula is C25H34N2O4S. The van der Waals surface area contributed by atoms with Crippen molar-refractivity contribution in [2.75, 3.05) is 19.6 Å². The number of thioether (sulfide) groups is 1. The molecular weight excluding hydrogens is 424 g/mol. The van der Waals surface area contributed by atoms with Crippen molar-refractivity contribution in [3.05, 3.63) is 33.7 Å². The first-order valence-corrected chi connectivity index (χ1v) is 12.0. The van der Waals surface area contributed by atoms with Gasteiger partial charge in [-0.1, -0.05) is 41.5 Å². The summed E-state index contributed by atoms with van der Waals surface area (Å²) in [6.45, 7) is 13.3. The van der Waals surface area contributed by atoms with Crippen molar-refractivity contribution in [2.24, 2.45) is 0 Å². The molecule has 1 aromatic rings. The summed E-state index contributed by atoms with van der Waals surface area (Å²) in [5.41, 5.74) is 1.74. The van der Waals surface area contributed by atoms with Crippen molar-refractivity contribution < 1.29 is 19.5 Å². The van der Waals surface area contributed by atoms with E-state index in [2.05, 4.69) is 0 Å². The van der Waals surface area contributed by atoms with Crippen LogP contribution in [-0.2, 0) is 20.4 Å². The molecule has 2 fully saturated rings. The number of hydrogen-bond acceptors (Lipinski definition) is 5. The first-order valence-electron chi connectivity index (χ1n) is 11.2. The Morgan fingerprint density at radius 1 is 1.00 bits per heavy atom. The summed E-state index contributed by atoms with van der Waals surface area (Å²) >= 11 is 0.861. The number of phenols is 1. The van der Waals surface area contributed by atoms with Crippen molar-refractivity contribution in [1.82, 2.24) is 9.80 Å². The summed E-state index contributed by atoms with van der Waals surface area (Å²) in [5, 5.41) is 10.5. The minimum Gasteiger partial charge on any atom is -0.507 e. The number of carbonyl (C=O) groups is 3. The van der Waals surface area contributed by atoms with Crippen molar-refractivity contribution in [1.29, 1.82) is 0 Å². The van der Waals surface area contributed by atoms with Gasteiger partial charge in [-0.2, -0.15) is 0 Å². The number of hydrogen-bond donors (Lipinski definition) is 1. The minimum atomic E-state index is -0.437. The number of rotatable bonds is 3. The predicted octanol–water partition coefficient (Wildman–Crippen LogP) is 5.04. The van der Waals surface area contributed by atoms with Gasteiger partial charge in [-0.3, -0.25) is 19.3 Å². The fraction of sp³-hybridized carbons (Fsp3) is 0.560. The maximum Gasteiger partial charge on any atom is 0.294 e. The van der Waals surface area contributed by atoms with Crippen molar-refractivity contribution in [3.63, 3.8) is 0 Å². The normalized spacial score (nSPS) is 19.2. The van der Waals surface area contributed by atoms with Crippen LogP contribution in [-0.4, -0.2) is 51.6 Å². The molecule has 174 valence electrons. The molecule has 6 nitrogen and oxygen atoms in total. The van der Waals surface area contributed by atoms with Gasteiger partial charge in [0.25, 0.3) is 11.1 Å². The van der Waals surface area contributed by atoms with E-state index in [4.69, 9.17) is 0 Å². The van der Waals surface area contributed by atoms with E-state index in [1.165, 1.54) is 0 Å². The molecule has 0 bridgehead atoms. The van der Waals surface area contributed by atoms with Crippen LogP contribution in [0.1, 0.15) is 77.5 Å². The lowest BCUT2D eigenvalue weighted by atomic mass is 9.78. The van der Waals surface area contributed by atoms with Crippen LogP contribution in [0.3, 0.4) is 0 Å². The number of benzene rings is 1. The summed E-state index contributed by atoms with van der Waals surface area (Å²) in [7, 11) is 0. The Morgan fingerprint density at radius 3 is 2.03 bits per heavy atom. The lowest BCUT2D eigenvalue weighted by molar-refractivity contribution is -0.136. The molecule has 0 saturated carbocycles. The van der Waals surface area contributed by atoms with Gasteiger partial charge in [0.2, 0.25) is 5.91 Å².